The van der Waals surface area contributed by atoms with Crippen LogP contribution < -0.4 is 14.8 Å². The molecule has 3 aromatic rings. The summed E-state index contributed by atoms with van der Waals surface area (Å²) in [7, 11) is 3.22. The molecule has 1 heterocycles. The number of carbonyl (C=O) groups excluding carboxylic acids is 1. The van der Waals surface area contributed by atoms with Gasteiger partial charge in [-0.3, -0.25) is 4.79 Å². The van der Waals surface area contributed by atoms with E-state index >= 15 is 0 Å². The van der Waals surface area contributed by atoms with Crippen molar-refractivity contribution in [3.63, 3.8) is 0 Å². The quantitative estimate of drug-likeness (QED) is 0.614. The molecule has 3 aromatic carbocycles. The second-order valence-corrected chi connectivity index (χ2v) is 7.13. The smallest absolute Gasteiger partial charge is 0.256 e. The first-order valence-corrected chi connectivity index (χ1v) is 9.62. The van der Waals surface area contributed by atoms with Gasteiger partial charge in [0.2, 0.25) is 0 Å². The Hall–Kier alpha value is -3.18. The van der Waals surface area contributed by atoms with Crippen LogP contribution in [0.15, 0.2) is 66.7 Å². The number of methoxy groups -OCH3 is 2. The zero-order valence-corrected chi connectivity index (χ0v) is 16.9. The molecule has 0 unspecified atom stereocenters. The Morgan fingerprint density at radius 3 is 2.52 bits per heavy atom. The number of carbonyl (C=O) groups is 1. The minimum Gasteiger partial charge on any atom is -0.497 e. The zero-order chi connectivity index (χ0) is 20.4. The van der Waals surface area contributed by atoms with Crippen LogP contribution in [-0.4, -0.2) is 25.0 Å². The number of nitrogens with zero attached hydrogens (tertiary/aromatic N) is 1. The van der Waals surface area contributed by atoms with Gasteiger partial charge in [-0.15, -0.1) is 0 Å². The molecule has 0 spiro atoms. The third kappa shape index (κ3) is 3.61. The van der Waals surface area contributed by atoms with Gasteiger partial charge in [0.05, 0.1) is 19.9 Å². The van der Waals surface area contributed by atoms with Crippen molar-refractivity contribution >= 4 is 23.2 Å². The Labute approximate surface area is 174 Å². The van der Waals surface area contributed by atoms with Crippen molar-refractivity contribution in [1.29, 1.82) is 0 Å². The first kappa shape index (κ1) is 19.2. The zero-order valence-electron chi connectivity index (χ0n) is 16.2. The van der Waals surface area contributed by atoms with Gasteiger partial charge in [-0.25, -0.2) is 0 Å². The molecule has 6 heteroatoms. The van der Waals surface area contributed by atoms with E-state index in [9.17, 15) is 4.79 Å². The summed E-state index contributed by atoms with van der Waals surface area (Å²) in [6.45, 7) is 0.392. The molecule has 0 fully saturated rings. The average Bonchev–Trinajstić information content (AvgIpc) is 3.01. The molecule has 1 aliphatic rings. The number of halogens is 1. The molecule has 5 nitrogen and oxygen atoms in total. The van der Waals surface area contributed by atoms with E-state index in [-0.39, 0.29) is 12.1 Å². The standard InChI is InChI=1S/C23H21ClN2O3/c1-28-16-11-12-20(21(13-16)29-2)25-22-17-8-4-5-9-18(17)23(27)26(22)14-15-7-3-6-10-19(15)24/h3-13,22,25H,14H2,1-2H3/t22-/m1/s1. The highest BCUT2D eigenvalue weighted by molar-refractivity contribution is 6.31. The van der Waals surface area contributed by atoms with Gasteiger partial charge in [0.1, 0.15) is 17.7 Å². The van der Waals surface area contributed by atoms with Gasteiger partial charge in [0.25, 0.3) is 5.91 Å². The third-order valence-electron chi connectivity index (χ3n) is 5.06. The Balaban J connectivity index is 1.72. The molecule has 0 bridgehead atoms. The summed E-state index contributed by atoms with van der Waals surface area (Å²) < 4.78 is 10.8. The number of nitrogens with one attached hydrogen (secondary N) is 1. The predicted molar refractivity (Wildman–Crippen MR) is 114 cm³/mol. The lowest BCUT2D eigenvalue weighted by atomic mass is 10.1. The van der Waals surface area contributed by atoms with Crippen molar-refractivity contribution in [3.05, 3.63) is 88.4 Å². The van der Waals surface area contributed by atoms with Crippen LogP contribution in [0.2, 0.25) is 5.02 Å². The van der Waals surface area contributed by atoms with Gasteiger partial charge < -0.3 is 19.7 Å². The van der Waals surface area contributed by atoms with Crippen molar-refractivity contribution in [3.8, 4) is 11.5 Å². The molecular weight excluding hydrogens is 388 g/mol. The second-order valence-electron chi connectivity index (χ2n) is 6.72. The first-order valence-electron chi connectivity index (χ1n) is 9.24. The molecule has 4 rings (SSSR count). The van der Waals surface area contributed by atoms with Gasteiger partial charge >= 0.3 is 0 Å². The normalized spacial score (nSPS) is 15.2. The van der Waals surface area contributed by atoms with Crippen LogP contribution in [0.1, 0.15) is 27.7 Å². The van der Waals surface area contributed by atoms with Crippen molar-refractivity contribution in [2.45, 2.75) is 12.7 Å². The maximum Gasteiger partial charge on any atom is 0.256 e. The van der Waals surface area contributed by atoms with Crippen LogP contribution in [-0.2, 0) is 6.54 Å². The Bertz CT molecular complexity index is 1050. The lowest BCUT2D eigenvalue weighted by molar-refractivity contribution is 0.0728. The number of hydrogen-bond acceptors (Lipinski definition) is 4. The fraction of sp³-hybridized carbons (Fsp3) is 0.174. The van der Waals surface area contributed by atoms with Crippen LogP contribution in [0.4, 0.5) is 5.69 Å². The molecule has 0 saturated carbocycles. The fourth-order valence-electron chi connectivity index (χ4n) is 3.56. The van der Waals surface area contributed by atoms with Crippen LogP contribution in [0.5, 0.6) is 11.5 Å². The van der Waals surface area contributed by atoms with Crippen molar-refractivity contribution in [1.82, 2.24) is 4.90 Å². The summed E-state index contributed by atoms with van der Waals surface area (Å²) in [5, 5.41) is 4.11. The maximum atomic E-state index is 13.2. The monoisotopic (exact) mass is 408 g/mol. The largest absolute Gasteiger partial charge is 0.497 e. The van der Waals surface area contributed by atoms with E-state index in [2.05, 4.69) is 5.32 Å². The minimum absolute atomic E-state index is 0.0366. The third-order valence-corrected chi connectivity index (χ3v) is 5.43. The summed E-state index contributed by atoms with van der Waals surface area (Å²) in [4.78, 5) is 14.9. The lowest BCUT2D eigenvalue weighted by Gasteiger charge is -2.28. The van der Waals surface area contributed by atoms with Crippen LogP contribution in [0, 0.1) is 0 Å². The summed E-state index contributed by atoms with van der Waals surface area (Å²) in [6.07, 6.45) is -0.350. The minimum atomic E-state index is -0.350. The summed E-state index contributed by atoms with van der Waals surface area (Å²) in [5.41, 5.74) is 3.27. The number of benzene rings is 3. The number of ether oxygens (including phenoxy) is 2. The van der Waals surface area contributed by atoms with E-state index in [4.69, 9.17) is 21.1 Å². The molecule has 0 radical (unpaired) electrons. The highest BCUT2D eigenvalue weighted by Gasteiger charge is 2.37. The van der Waals surface area contributed by atoms with E-state index in [1.807, 2.05) is 66.7 Å². The topological polar surface area (TPSA) is 50.8 Å². The Morgan fingerprint density at radius 2 is 1.76 bits per heavy atom. The predicted octanol–water partition coefficient (Wildman–Crippen LogP) is 5.12. The van der Waals surface area contributed by atoms with E-state index in [0.717, 1.165) is 16.8 Å². The fourth-order valence-corrected chi connectivity index (χ4v) is 3.76. The number of amides is 1. The molecular formula is C23H21ClN2O3. The lowest BCUT2D eigenvalue weighted by Crippen LogP contribution is -2.32. The summed E-state index contributed by atoms with van der Waals surface area (Å²) in [5.74, 6) is 1.30. The Morgan fingerprint density at radius 1 is 1.00 bits per heavy atom. The van der Waals surface area contributed by atoms with Crippen molar-refractivity contribution < 1.29 is 14.3 Å². The molecule has 1 aliphatic heterocycles. The second kappa shape index (κ2) is 8.05. The summed E-state index contributed by atoms with van der Waals surface area (Å²) >= 11 is 6.36. The first-order chi connectivity index (χ1) is 14.1. The van der Waals surface area contributed by atoms with Crippen molar-refractivity contribution in [2.75, 3.05) is 19.5 Å². The maximum absolute atomic E-state index is 13.2. The van der Waals surface area contributed by atoms with Gasteiger partial charge in [-0.05, 0) is 29.8 Å². The summed E-state index contributed by atoms with van der Waals surface area (Å²) in [6, 6.07) is 20.7. The Kier molecular flexibility index (Phi) is 5.32. The van der Waals surface area contributed by atoms with Gasteiger partial charge in [-0.1, -0.05) is 48.0 Å². The van der Waals surface area contributed by atoms with Crippen LogP contribution >= 0.6 is 11.6 Å². The molecule has 29 heavy (non-hydrogen) atoms. The van der Waals surface area contributed by atoms with E-state index in [0.29, 0.717) is 28.6 Å². The van der Waals surface area contributed by atoms with Gasteiger partial charge in [-0.2, -0.15) is 0 Å². The van der Waals surface area contributed by atoms with Crippen molar-refractivity contribution in [2.24, 2.45) is 0 Å². The highest BCUT2D eigenvalue weighted by atomic mass is 35.5. The molecule has 1 amide bonds. The number of anilines is 1. The number of hydrogen-bond donors (Lipinski definition) is 1. The molecule has 0 aliphatic carbocycles. The number of rotatable bonds is 6. The molecule has 0 aromatic heterocycles. The van der Waals surface area contributed by atoms with Crippen LogP contribution in [0.25, 0.3) is 0 Å². The van der Waals surface area contributed by atoms with E-state index in [1.165, 1.54) is 0 Å². The molecule has 1 atom stereocenters. The van der Waals surface area contributed by atoms with E-state index < -0.39 is 0 Å². The molecule has 148 valence electrons. The molecule has 1 N–H and O–H groups in total. The SMILES string of the molecule is COc1ccc(N[C@H]2c3ccccc3C(=O)N2Cc2ccccc2Cl)c(OC)c1. The van der Waals surface area contributed by atoms with Gasteiger partial charge in [0, 0.05) is 28.8 Å². The molecule has 0 saturated heterocycles. The van der Waals surface area contributed by atoms with E-state index in [1.54, 1.807) is 19.1 Å². The number of fused-ring (bicyclic) bond motifs is 1. The highest BCUT2D eigenvalue weighted by Crippen LogP contribution is 2.39. The average molecular weight is 409 g/mol. The van der Waals surface area contributed by atoms with Gasteiger partial charge in [0.15, 0.2) is 0 Å². The van der Waals surface area contributed by atoms with Crippen LogP contribution in [0.3, 0.4) is 0 Å².